The second kappa shape index (κ2) is 9.80. The fourth-order valence-corrected chi connectivity index (χ4v) is 5.71. The minimum Gasteiger partial charge on any atom is -0.497 e. The predicted octanol–water partition coefficient (Wildman–Crippen LogP) is 4.13. The highest BCUT2D eigenvalue weighted by molar-refractivity contribution is 5.63. The van der Waals surface area contributed by atoms with Gasteiger partial charge in [-0.1, -0.05) is 24.3 Å². The number of anilines is 1. The van der Waals surface area contributed by atoms with E-state index in [1.54, 1.807) is 7.11 Å². The maximum atomic E-state index is 5.26. The van der Waals surface area contributed by atoms with E-state index in [4.69, 9.17) is 9.84 Å². The molecule has 3 saturated heterocycles. The van der Waals surface area contributed by atoms with Crippen LogP contribution in [0.4, 0.5) is 5.69 Å². The van der Waals surface area contributed by atoms with E-state index in [0.717, 1.165) is 37.0 Å². The predicted molar refractivity (Wildman–Crippen MR) is 138 cm³/mol. The zero-order valence-corrected chi connectivity index (χ0v) is 20.9. The number of hydrogen-bond acceptors (Lipinski definition) is 5. The van der Waals surface area contributed by atoms with Gasteiger partial charge in [-0.3, -0.25) is 9.58 Å². The maximum Gasteiger partial charge on any atom is 0.118 e. The molecular weight excluding hydrogens is 422 g/mol. The van der Waals surface area contributed by atoms with Crippen LogP contribution >= 0.6 is 0 Å². The topological polar surface area (TPSA) is 45.6 Å². The van der Waals surface area contributed by atoms with Crippen molar-refractivity contribution in [3.05, 3.63) is 65.9 Å². The molecule has 34 heavy (non-hydrogen) atoms. The average molecular weight is 460 g/mol. The number of hydrogen-bond donors (Lipinski definition) is 1. The minimum absolute atomic E-state index is 0.568. The Morgan fingerprint density at radius 3 is 2.50 bits per heavy atom. The van der Waals surface area contributed by atoms with Gasteiger partial charge in [0.1, 0.15) is 5.75 Å². The van der Waals surface area contributed by atoms with E-state index in [1.165, 1.54) is 41.9 Å². The largest absolute Gasteiger partial charge is 0.497 e. The van der Waals surface area contributed by atoms with E-state index >= 15 is 0 Å². The summed E-state index contributed by atoms with van der Waals surface area (Å²) in [7, 11) is 7.97. The van der Waals surface area contributed by atoms with Crippen LogP contribution in [0.3, 0.4) is 0 Å². The van der Waals surface area contributed by atoms with Crippen molar-refractivity contribution in [1.29, 1.82) is 0 Å². The van der Waals surface area contributed by atoms with Gasteiger partial charge in [0.25, 0.3) is 0 Å². The molecule has 180 valence electrons. The Balaban J connectivity index is 1.21. The molecule has 6 nitrogen and oxygen atoms in total. The number of piperidine rings is 3. The van der Waals surface area contributed by atoms with Gasteiger partial charge in [-0.05, 0) is 61.2 Å². The number of ether oxygens (including phenoxy) is 1. The molecule has 2 aromatic carbocycles. The van der Waals surface area contributed by atoms with Gasteiger partial charge in [0, 0.05) is 69.7 Å². The summed E-state index contributed by atoms with van der Waals surface area (Å²) < 4.78 is 7.39. The van der Waals surface area contributed by atoms with Crippen molar-refractivity contribution in [2.45, 2.75) is 31.3 Å². The van der Waals surface area contributed by atoms with Crippen LogP contribution < -0.4 is 15.0 Å². The SMILES string of the molecule is COc1ccc(CNC[C@H]2C[C@@H]3CCN2C[C@H]3c2cc(-c3ccc(N(C)C)cc3)nn2C)cc1. The number of nitrogens with one attached hydrogen (secondary N) is 1. The molecule has 1 N–H and O–H groups in total. The third-order valence-corrected chi connectivity index (χ3v) is 7.72. The summed E-state index contributed by atoms with van der Waals surface area (Å²) in [5.74, 6) is 2.21. The summed E-state index contributed by atoms with van der Waals surface area (Å²) in [5, 5.41) is 8.59. The fraction of sp³-hybridized carbons (Fsp3) is 0.464. The maximum absolute atomic E-state index is 5.26. The van der Waals surface area contributed by atoms with Crippen LogP contribution in [0.5, 0.6) is 5.75 Å². The Morgan fingerprint density at radius 1 is 1.09 bits per heavy atom. The van der Waals surface area contributed by atoms with E-state index in [9.17, 15) is 0 Å². The van der Waals surface area contributed by atoms with Gasteiger partial charge in [0.2, 0.25) is 0 Å². The molecule has 3 aromatic rings. The highest BCUT2D eigenvalue weighted by Crippen LogP contribution is 2.42. The monoisotopic (exact) mass is 459 g/mol. The van der Waals surface area contributed by atoms with E-state index < -0.39 is 0 Å². The third-order valence-electron chi connectivity index (χ3n) is 7.72. The van der Waals surface area contributed by atoms with E-state index in [0.29, 0.717) is 12.0 Å². The Bertz CT molecular complexity index is 1090. The molecule has 0 saturated carbocycles. The van der Waals surface area contributed by atoms with Gasteiger partial charge in [-0.15, -0.1) is 0 Å². The second-order valence-corrected chi connectivity index (χ2v) is 10.0. The molecule has 1 unspecified atom stereocenters. The van der Waals surface area contributed by atoms with E-state index in [1.807, 2.05) is 12.1 Å². The molecule has 4 heterocycles. The van der Waals surface area contributed by atoms with Crippen molar-refractivity contribution < 1.29 is 4.74 Å². The molecule has 6 rings (SSSR count). The lowest BCUT2D eigenvalue weighted by atomic mass is 9.74. The lowest BCUT2D eigenvalue weighted by molar-refractivity contribution is 0.0282. The summed E-state index contributed by atoms with van der Waals surface area (Å²) in [4.78, 5) is 4.83. The van der Waals surface area contributed by atoms with Crippen molar-refractivity contribution >= 4 is 5.69 Å². The number of rotatable bonds is 8. The fourth-order valence-electron chi connectivity index (χ4n) is 5.71. The number of nitrogens with zero attached hydrogens (tertiary/aromatic N) is 4. The zero-order valence-electron chi connectivity index (χ0n) is 20.9. The van der Waals surface area contributed by atoms with Crippen molar-refractivity contribution in [2.24, 2.45) is 13.0 Å². The molecule has 3 aliphatic heterocycles. The van der Waals surface area contributed by atoms with Gasteiger partial charge in [-0.2, -0.15) is 5.10 Å². The van der Waals surface area contributed by atoms with Crippen LogP contribution in [-0.2, 0) is 13.6 Å². The summed E-state index contributed by atoms with van der Waals surface area (Å²) in [6.45, 7) is 4.30. The van der Waals surface area contributed by atoms with Gasteiger partial charge >= 0.3 is 0 Å². The highest BCUT2D eigenvalue weighted by atomic mass is 16.5. The van der Waals surface area contributed by atoms with Crippen molar-refractivity contribution in [2.75, 3.05) is 45.7 Å². The second-order valence-electron chi connectivity index (χ2n) is 10.0. The number of fused-ring (bicyclic) bond motifs is 3. The summed E-state index contributed by atoms with van der Waals surface area (Å²) in [6, 6.07) is 20.0. The van der Waals surface area contributed by atoms with Gasteiger partial charge < -0.3 is 15.0 Å². The molecule has 0 amide bonds. The number of aromatic nitrogens is 2. The van der Waals surface area contributed by atoms with Crippen molar-refractivity contribution in [3.63, 3.8) is 0 Å². The number of methoxy groups -OCH3 is 1. The van der Waals surface area contributed by atoms with Crippen LogP contribution in [0.2, 0.25) is 0 Å². The molecule has 1 aromatic heterocycles. The number of aryl methyl sites for hydroxylation is 1. The average Bonchev–Trinajstić information content (AvgIpc) is 3.26. The zero-order chi connectivity index (χ0) is 23.7. The van der Waals surface area contributed by atoms with Gasteiger partial charge in [-0.25, -0.2) is 0 Å². The first-order valence-corrected chi connectivity index (χ1v) is 12.4. The molecule has 0 aliphatic carbocycles. The third kappa shape index (κ3) is 4.70. The van der Waals surface area contributed by atoms with Gasteiger partial charge in [0.05, 0.1) is 12.8 Å². The minimum atomic E-state index is 0.568. The van der Waals surface area contributed by atoms with Crippen LogP contribution in [-0.4, -0.2) is 61.6 Å². The highest BCUT2D eigenvalue weighted by Gasteiger charge is 2.41. The molecular formula is C28H37N5O. The lowest BCUT2D eigenvalue weighted by Gasteiger charge is -2.50. The Morgan fingerprint density at radius 2 is 1.85 bits per heavy atom. The van der Waals surface area contributed by atoms with Crippen LogP contribution in [0, 0.1) is 5.92 Å². The van der Waals surface area contributed by atoms with E-state index in [-0.39, 0.29) is 0 Å². The van der Waals surface area contributed by atoms with Crippen LogP contribution in [0.1, 0.15) is 30.0 Å². The van der Waals surface area contributed by atoms with Crippen molar-refractivity contribution in [3.8, 4) is 17.0 Å². The Hall–Kier alpha value is -2.83. The summed E-state index contributed by atoms with van der Waals surface area (Å²) in [6.07, 6.45) is 2.55. The first-order chi connectivity index (χ1) is 16.5. The molecule has 3 fully saturated rings. The smallest absolute Gasteiger partial charge is 0.118 e. The standard InChI is InChI=1S/C28H37N5O/c1-31(2)23-9-7-21(8-10-23)27-16-28(32(3)30-27)26-19-33-14-13-22(26)15-24(33)18-29-17-20-5-11-25(34-4)12-6-20/h5-12,16,22,24,26,29H,13-15,17-19H2,1-4H3/t22-,24+,26+/m0/s1. The Kier molecular flexibility index (Phi) is 6.61. The number of benzene rings is 2. The lowest BCUT2D eigenvalue weighted by Crippen LogP contribution is -2.55. The molecule has 2 bridgehead atoms. The van der Waals surface area contributed by atoms with E-state index in [2.05, 4.69) is 83.4 Å². The quantitative estimate of drug-likeness (QED) is 0.549. The van der Waals surface area contributed by atoms with Gasteiger partial charge in [0.15, 0.2) is 0 Å². The molecule has 4 atom stereocenters. The molecule has 0 spiro atoms. The summed E-state index contributed by atoms with van der Waals surface area (Å²) >= 11 is 0. The van der Waals surface area contributed by atoms with Crippen molar-refractivity contribution in [1.82, 2.24) is 20.0 Å². The van der Waals surface area contributed by atoms with Crippen LogP contribution in [0.25, 0.3) is 11.3 Å². The molecule has 6 heteroatoms. The first-order valence-electron chi connectivity index (χ1n) is 12.4. The molecule has 3 aliphatic rings. The molecule has 0 radical (unpaired) electrons. The first kappa shape index (κ1) is 22.9. The normalized spacial score (nSPS) is 23.8. The summed E-state index contributed by atoms with van der Waals surface area (Å²) in [5.41, 5.74) is 6.16. The Labute approximate surface area is 203 Å². The van der Waals surface area contributed by atoms with Crippen LogP contribution in [0.15, 0.2) is 54.6 Å².